The molecule has 0 aliphatic carbocycles. The minimum Gasteiger partial charge on any atom is -0.477 e. The van der Waals surface area contributed by atoms with Gasteiger partial charge in [-0.3, -0.25) is 4.52 Å². The van der Waals surface area contributed by atoms with Crippen molar-refractivity contribution in [1.29, 1.82) is 0 Å². The molecule has 0 radical (unpaired) electrons. The van der Waals surface area contributed by atoms with Crippen molar-refractivity contribution in [2.45, 2.75) is 36.6 Å². The first-order valence-electron chi connectivity index (χ1n) is 5.34. The third kappa shape index (κ3) is 3.95. The molecule has 11 nitrogen and oxygen atoms in total. The van der Waals surface area contributed by atoms with Crippen LogP contribution in [0.15, 0.2) is 0 Å². The summed E-state index contributed by atoms with van der Waals surface area (Å²) >= 11 is 0. The predicted molar refractivity (Wildman–Crippen MR) is 58.1 cm³/mol. The zero-order valence-corrected chi connectivity index (χ0v) is 10.8. The number of hydrogen-bond donors (Lipinski definition) is 7. The second-order valence-corrected chi connectivity index (χ2v) is 5.44. The molecule has 0 saturated carbocycles. The number of hydrogen-bond acceptors (Lipinski definition) is 8. The summed E-state index contributed by atoms with van der Waals surface area (Å²) in [6.45, 7) is -0.944. The Bertz CT molecular complexity index is 407. The summed E-state index contributed by atoms with van der Waals surface area (Å²) in [4.78, 5) is 28.2. The van der Waals surface area contributed by atoms with Crippen LogP contribution in [-0.2, 0) is 18.6 Å². The largest absolute Gasteiger partial charge is 0.477 e. The summed E-state index contributed by atoms with van der Waals surface area (Å²) in [7, 11) is -5.09. The van der Waals surface area contributed by atoms with E-state index >= 15 is 0 Å². The SMILES string of the molecule is O=C(O)[C@]1(O)C[C@@H](OP(=O)(O)O)[C@@H](O)[C@@H]([C@H](O)CO)O1. The van der Waals surface area contributed by atoms with E-state index < -0.39 is 57.0 Å². The van der Waals surface area contributed by atoms with Gasteiger partial charge in [0.05, 0.1) is 6.61 Å². The number of phosphoric acid groups is 1. The Hall–Kier alpha value is -0.620. The lowest BCUT2D eigenvalue weighted by molar-refractivity contribution is -0.307. The highest BCUT2D eigenvalue weighted by atomic mass is 31.2. The highest BCUT2D eigenvalue weighted by Gasteiger charge is 2.54. The number of aliphatic hydroxyl groups excluding tert-OH is 3. The lowest BCUT2D eigenvalue weighted by atomic mass is 9.93. The summed E-state index contributed by atoms with van der Waals surface area (Å²) in [6.07, 6.45) is -8.28. The Morgan fingerprint density at radius 3 is 2.45 bits per heavy atom. The third-order valence-corrected chi connectivity index (χ3v) is 3.25. The zero-order valence-electron chi connectivity index (χ0n) is 9.93. The Labute approximate surface area is 112 Å². The van der Waals surface area contributed by atoms with Crippen LogP contribution in [0, 0.1) is 0 Å². The van der Waals surface area contributed by atoms with E-state index in [4.69, 9.17) is 20.0 Å². The molecule has 1 saturated heterocycles. The first kappa shape index (κ1) is 17.4. The molecule has 118 valence electrons. The molecule has 5 atom stereocenters. The van der Waals surface area contributed by atoms with Gasteiger partial charge in [0.15, 0.2) is 0 Å². The molecule has 7 N–H and O–H groups in total. The molecule has 1 rings (SSSR count). The number of phosphoric ester groups is 1. The average Bonchev–Trinajstić information content (AvgIpc) is 2.30. The second kappa shape index (κ2) is 6.02. The summed E-state index contributed by atoms with van der Waals surface area (Å²) in [6, 6.07) is 0. The van der Waals surface area contributed by atoms with Crippen LogP contribution in [0.3, 0.4) is 0 Å². The Balaban J connectivity index is 3.05. The van der Waals surface area contributed by atoms with Gasteiger partial charge < -0.3 is 40.1 Å². The van der Waals surface area contributed by atoms with Gasteiger partial charge in [0, 0.05) is 6.42 Å². The van der Waals surface area contributed by atoms with Gasteiger partial charge in [-0.1, -0.05) is 0 Å². The summed E-state index contributed by atoms with van der Waals surface area (Å²) in [5, 5.41) is 46.4. The molecule has 0 aromatic heterocycles. The lowest BCUT2D eigenvalue weighted by Crippen LogP contribution is -2.62. The van der Waals surface area contributed by atoms with Crippen LogP contribution >= 0.6 is 7.82 Å². The molecule has 1 fully saturated rings. The summed E-state index contributed by atoms with van der Waals surface area (Å²) in [5.41, 5.74) is 0. The van der Waals surface area contributed by atoms with Crippen LogP contribution in [0.4, 0.5) is 0 Å². The molecular weight excluding hydrogens is 303 g/mol. The Morgan fingerprint density at radius 2 is 2.05 bits per heavy atom. The molecule has 20 heavy (non-hydrogen) atoms. The van der Waals surface area contributed by atoms with E-state index in [0.29, 0.717) is 0 Å². The smallest absolute Gasteiger partial charge is 0.469 e. The van der Waals surface area contributed by atoms with Crippen molar-refractivity contribution in [2.24, 2.45) is 0 Å². The molecule has 1 aliphatic heterocycles. The van der Waals surface area contributed by atoms with Crippen LogP contribution in [-0.4, -0.2) is 78.1 Å². The maximum absolute atomic E-state index is 10.9. The van der Waals surface area contributed by atoms with Crippen molar-refractivity contribution in [1.82, 2.24) is 0 Å². The summed E-state index contributed by atoms with van der Waals surface area (Å²) < 4.78 is 19.5. The van der Waals surface area contributed by atoms with Gasteiger partial charge in [0.25, 0.3) is 5.79 Å². The number of ether oxygens (including phenoxy) is 1. The van der Waals surface area contributed by atoms with Crippen molar-refractivity contribution in [2.75, 3.05) is 6.61 Å². The summed E-state index contributed by atoms with van der Waals surface area (Å²) in [5.74, 6) is -4.83. The number of carbonyl (C=O) groups is 1. The third-order valence-electron chi connectivity index (χ3n) is 2.70. The van der Waals surface area contributed by atoms with Gasteiger partial charge in [-0.05, 0) is 0 Å². The number of aliphatic carboxylic acids is 1. The molecule has 0 unspecified atom stereocenters. The van der Waals surface area contributed by atoms with Crippen molar-refractivity contribution in [3.05, 3.63) is 0 Å². The topological polar surface area (TPSA) is 194 Å². The monoisotopic (exact) mass is 318 g/mol. The maximum Gasteiger partial charge on any atom is 0.469 e. The quantitative estimate of drug-likeness (QED) is 0.251. The van der Waals surface area contributed by atoms with Gasteiger partial charge in [-0.2, -0.15) is 0 Å². The Morgan fingerprint density at radius 1 is 1.50 bits per heavy atom. The Kier molecular flexibility index (Phi) is 5.24. The predicted octanol–water partition coefficient (Wildman–Crippen LogP) is -3.26. The van der Waals surface area contributed by atoms with E-state index in [9.17, 15) is 24.7 Å². The number of aliphatic hydroxyl groups is 4. The highest BCUT2D eigenvalue weighted by Crippen LogP contribution is 2.43. The minimum atomic E-state index is -5.09. The van der Waals surface area contributed by atoms with Crippen LogP contribution < -0.4 is 0 Å². The molecule has 1 aliphatic rings. The van der Waals surface area contributed by atoms with Crippen molar-refractivity contribution < 1.29 is 53.9 Å². The number of carboxylic acid groups (broad SMARTS) is 1. The lowest BCUT2D eigenvalue weighted by Gasteiger charge is -2.42. The fraction of sp³-hybridized carbons (Fsp3) is 0.875. The molecular formula is C8H15O11P. The van der Waals surface area contributed by atoms with Crippen LogP contribution in [0.5, 0.6) is 0 Å². The van der Waals surface area contributed by atoms with Crippen LogP contribution in [0.1, 0.15) is 6.42 Å². The van der Waals surface area contributed by atoms with Gasteiger partial charge >= 0.3 is 13.8 Å². The fourth-order valence-corrected chi connectivity index (χ4v) is 2.32. The molecule has 0 bridgehead atoms. The minimum absolute atomic E-state index is 0.944. The van der Waals surface area contributed by atoms with Gasteiger partial charge in [-0.25, -0.2) is 9.36 Å². The fourth-order valence-electron chi connectivity index (χ4n) is 1.77. The van der Waals surface area contributed by atoms with E-state index in [0.717, 1.165) is 0 Å². The van der Waals surface area contributed by atoms with E-state index in [-0.39, 0.29) is 0 Å². The maximum atomic E-state index is 10.9. The molecule has 0 spiro atoms. The molecule has 1 heterocycles. The van der Waals surface area contributed by atoms with Gasteiger partial charge in [0.1, 0.15) is 24.4 Å². The number of carboxylic acids is 1. The van der Waals surface area contributed by atoms with Crippen LogP contribution in [0.2, 0.25) is 0 Å². The van der Waals surface area contributed by atoms with E-state index in [2.05, 4.69) is 9.26 Å². The molecule has 12 heteroatoms. The molecule has 0 aromatic carbocycles. The number of rotatable bonds is 5. The van der Waals surface area contributed by atoms with E-state index in [1.165, 1.54) is 0 Å². The first-order chi connectivity index (χ1) is 9.00. The first-order valence-corrected chi connectivity index (χ1v) is 6.87. The standard InChI is InChI=1S/C8H15O11P/c9-2-3(10)6-5(11)4(19-20(15,16)17)1-8(14,18-6)7(12)13/h3-6,9-11,14H,1-2H2,(H,12,13)(H2,15,16,17)/t3-,4-,5-,6-,8+/m1/s1. The van der Waals surface area contributed by atoms with Crippen molar-refractivity contribution in [3.63, 3.8) is 0 Å². The van der Waals surface area contributed by atoms with Gasteiger partial charge in [0.2, 0.25) is 0 Å². The van der Waals surface area contributed by atoms with E-state index in [1.54, 1.807) is 0 Å². The van der Waals surface area contributed by atoms with Gasteiger partial charge in [-0.15, -0.1) is 0 Å². The van der Waals surface area contributed by atoms with Crippen LogP contribution in [0.25, 0.3) is 0 Å². The van der Waals surface area contributed by atoms with Crippen molar-refractivity contribution >= 4 is 13.8 Å². The average molecular weight is 318 g/mol. The van der Waals surface area contributed by atoms with Crippen molar-refractivity contribution in [3.8, 4) is 0 Å². The highest BCUT2D eigenvalue weighted by molar-refractivity contribution is 7.46. The molecule has 0 aromatic rings. The second-order valence-electron chi connectivity index (χ2n) is 4.25. The van der Waals surface area contributed by atoms with E-state index in [1.807, 2.05) is 0 Å². The molecule has 0 amide bonds. The normalized spacial score (nSPS) is 36.6. The zero-order chi connectivity index (χ0) is 15.7.